The molecule has 0 atom stereocenters. The molecule has 2 amide bonds. The van der Waals surface area contributed by atoms with Crippen molar-refractivity contribution in [3.8, 4) is 11.5 Å². The second kappa shape index (κ2) is 12.0. The summed E-state index contributed by atoms with van der Waals surface area (Å²) in [6, 6.07) is 30.8. The zero-order valence-corrected chi connectivity index (χ0v) is 21.2. The lowest BCUT2D eigenvalue weighted by molar-refractivity contribution is 0.0953. The molecule has 0 bridgehead atoms. The van der Waals surface area contributed by atoms with Gasteiger partial charge in [-0.15, -0.1) is 0 Å². The van der Waals surface area contributed by atoms with E-state index in [9.17, 15) is 14.7 Å². The summed E-state index contributed by atoms with van der Waals surface area (Å²) in [6.07, 6.45) is 1.29. The zero-order chi connectivity index (χ0) is 27.0. The summed E-state index contributed by atoms with van der Waals surface area (Å²) in [5.74, 6) is 0.0864. The van der Waals surface area contributed by atoms with Crippen molar-refractivity contribution in [1.82, 2.24) is 5.32 Å². The Morgan fingerprint density at radius 1 is 0.769 bits per heavy atom. The molecular weight excluding hydrogens is 492 g/mol. The summed E-state index contributed by atoms with van der Waals surface area (Å²) in [4.78, 5) is 25.9. The first-order chi connectivity index (χ1) is 19.0. The van der Waals surface area contributed by atoms with E-state index in [-0.39, 0.29) is 17.4 Å². The van der Waals surface area contributed by atoms with E-state index < -0.39 is 5.91 Å². The van der Waals surface area contributed by atoms with Crippen molar-refractivity contribution in [2.24, 2.45) is 0 Å². The van der Waals surface area contributed by atoms with Gasteiger partial charge in [0.1, 0.15) is 17.1 Å². The average Bonchev–Trinajstić information content (AvgIpc) is 3.40. The van der Waals surface area contributed by atoms with Gasteiger partial charge in [0.2, 0.25) is 0 Å². The maximum absolute atomic E-state index is 13.0. The highest BCUT2D eigenvalue weighted by Gasteiger charge is 2.17. The first-order valence-corrected chi connectivity index (χ1v) is 12.7. The molecule has 5 rings (SSSR count). The fourth-order valence-electron chi connectivity index (χ4n) is 4.17. The minimum Gasteiger partial charge on any atom is -0.508 e. The second-order valence-corrected chi connectivity index (χ2v) is 9.07. The Bertz CT molecular complexity index is 1540. The predicted molar refractivity (Wildman–Crippen MR) is 150 cm³/mol. The van der Waals surface area contributed by atoms with Crippen molar-refractivity contribution < 1.29 is 23.8 Å². The number of phenols is 1. The monoisotopic (exact) mass is 520 g/mol. The summed E-state index contributed by atoms with van der Waals surface area (Å²) >= 11 is 0. The molecule has 1 heterocycles. The third-order valence-corrected chi connectivity index (χ3v) is 6.27. The predicted octanol–water partition coefficient (Wildman–Crippen LogP) is 5.98. The number of aromatic hydroxyl groups is 1. The molecule has 0 saturated carbocycles. The van der Waals surface area contributed by atoms with Crippen LogP contribution in [0, 0.1) is 0 Å². The fraction of sp³-hybridized carbons (Fsp3) is 0.125. The van der Waals surface area contributed by atoms with Crippen LogP contribution in [0.25, 0.3) is 11.0 Å². The van der Waals surface area contributed by atoms with Crippen LogP contribution >= 0.6 is 0 Å². The number of hydrogen-bond acceptors (Lipinski definition) is 5. The molecule has 0 aliphatic heterocycles. The van der Waals surface area contributed by atoms with Gasteiger partial charge in [-0.3, -0.25) is 9.59 Å². The normalized spacial score (nSPS) is 10.8. The molecule has 0 spiro atoms. The van der Waals surface area contributed by atoms with Crippen LogP contribution in [0.4, 0.5) is 5.69 Å². The van der Waals surface area contributed by atoms with Gasteiger partial charge in [-0.05, 0) is 60.0 Å². The van der Waals surface area contributed by atoms with Gasteiger partial charge in [-0.2, -0.15) is 0 Å². The number of carbonyl (C=O) groups excluding carboxylic acids is 2. The lowest BCUT2D eigenvalue weighted by atomic mass is 10.1. The molecule has 0 saturated heterocycles. The number of rotatable bonds is 10. The Balaban J connectivity index is 1.30. The van der Waals surface area contributed by atoms with Crippen LogP contribution in [0.1, 0.15) is 32.0 Å². The maximum atomic E-state index is 13.0. The Kier molecular flexibility index (Phi) is 7.88. The number of benzene rings is 4. The van der Waals surface area contributed by atoms with Crippen LogP contribution in [-0.4, -0.2) is 30.1 Å². The van der Waals surface area contributed by atoms with E-state index >= 15 is 0 Å². The van der Waals surface area contributed by atoms with Crippen molar-refractivity contribution in [3.05, 3.63) is 126 Å². The van der Waals surface area contributed by atoms with Crippen LogP contribution < -0.4 is 15.4 Å². The number of hydrogen-bond donors (Lipinski definition) is 3. The molecule has 196 valence electrons. The molecule has 7 heteroatoms. The van der Waals surface area contributed by atoms with Gasteiger partial charge in [-0.1, -0.05) is 60.7 Å². The van der Waals surface area contributed by atoms with E-state index in [1.807, 2.05) is 60.7 Å². The lowest BCUT2D eigenvalue weighted by Gasteiger charge is -2.14. The molecule has 0 aliphatic carbocycles. The maximum Gasteiger partial charge on any atom is 0.291 e. The van der Waals surface area contributed by atoms with E-state index in [0.29, 0.717) is 48.6 Å². The summed E-state index contributed by atoms with van der Waals surface area (Å²) in [5, 5.41) is 16.1. The molecule has 39 heavy (non-hydrogen) atoms. The van der Waals surface area contributed by atoms with Gasteiger partial charge in [0.15, 0.2) is 5.76 Å². The average molecular weight is 521 g/mol. The number of amides is 2. The van der Waals surface area contributed by atoms with Gasteiger partial charge in [0.25, 0.3) is 11.8 Å². The first-order valence-electron chi connectivity index (χ1n) is 12.7. The molecule has 0 fully saturated rings. The number of carbonyl (C=O) groups is 2. The highest BCUT2D eigenvalue weighted by atomic mass is 16.5. The van der Waals surface area contributed by atoms with Crippen LogP contribution in [-0.2, 0) is 12.8 Å². The van der Waals surface area contributed by atoms with Gasteiger partial charge >= 0.3 is 0 Å². The standard InChI is InChI=1S/C32H28N2O5/c35-26-13-10-23(11-14-26)17-19-38-29-21-25(31(36)33-18-16-22-6-2-1-3-7-22)12-15-27(29)34-32(37)30-20-24-8-4-5-9-28(24)39-30/h1-15,20-21,35H,16-19H2,(H,33,36)(H,34,37). The molecule has 0 unspecified atom stereocenters. The number of phenolic OH excluding ortho intramolecular Hbond substituents is 1. The minimum absolute atomic E-state index is 0.175. The van der Waals surface area contributed by atoms with Crippen molar-refractivity contribution in [2.45, 2.75) is 12.8 Å². The molecule has 5 aromatic rings. The van der Waals surface area contributed by atoms with Crippen molar-refractivity contribution >= 4 is 28.5 Å². The molecule has 4 aromatic carbocycles. The van der Waals surface area contributed by atoms with Crippen LogP contribution in [0.5, 0.6) is 11.5 Å². The SMILES string of the molecule is O=C(NCCc1ccccc1)c1ccc(NC(=O)c2cc3ccccc3o2)c(OCCc2ccc(O)cc2)c1. The van der Waals surface area contributed by atoms with E-state index in [2.05, 4.69) is 10.6 Å². The topological polar surface area (TPSA) is 101 Å². The Hall–Kier alpha value is -5.04. The van der Waals surface area contributed by atoms with E-state index in [0.717, 1.165) is 16.5 Å². The number of ether oxygens (including phenoxy) is 1. The number of fused-ring (bicyclic) bond motifs is 1. The van der Waals surface area contributed by atoms with Crippen molar-refractivity contribution in [2.75, 3.05) is 18.5 Å². The largest absolute Gasteiger partial charge is 0.508 e. The molecular formula is C32H28N2O5. The van der Waals surface area contributed by atoms with Gasteiger partial charge in [0.05, 0.1) is 12.3 Å². The summed E-state index contributed by atoms with van der Waals surface area (Å²) in [6.45, 7) is 0.793. The molecule has 1 aromatic heterocycles. The summed E-state index contributed by atoms with van der Waals surface area (Å²) in [5.41, 5.74) is 3.59. The highest BCUT2D eigenvalue weighted by molar-refractivity contribution is 6.05. The fourth-order valence-corrected chi connectivity index (χ4v) is 4.17. The number of nitrogens with one attached hydrogen (secondary N) is 2. The first kappa shape index (κ1) is 25.6. The Morgan fingerprint density at radius 2 is 1.51 bits per heavy atom. The van der Waals surface area contributed by atoms with E-state index in [1.165, 1.54) is 0 Å². The summed E-state index contributed by atoms with van der Waals surface area (Å²) in [7, 11) is 0. The Morgan fingerprint density at radius 3 is 2.31 bits per heavy atom. The smallest absolute Gasteiger partial charge is 0.291 e. The van der Waals surface area contributed by atoms with E-state index in [1.54, 1.807) is 42.5 Å². The molecule has 3 N–H and O–H groups in total. The molecule has 0 radical (unpaired) electrons. The third-order valence-electron chi connectivity index (χ3n) is 6.27. The van der Waals surface area contributed by atoms with Crippen LogP contribution in [0.2, 0.25) is 0 Å². The molecule has 0 aliphatic rings. The highest BCUT2D eigenvalue weighted by Crippen LogP contribution is 2.28. The van der Waals surface area contributed by atoms with Crippen LogP contribution in [0.3, 0.4) is 0 Å². The summed E-state index contributed by atoms with van der Waals surface area (Å²) < 4.78 is 11.7. The van der Waals surface area contributed by atoms with Gasteiger partial charge in [0, 0.05) is 23.9 Å². The minimum atomic E-state index is -0.422. The van der Waals surface area contributed by atoms with E-state index in [4.69, 9.17) is 9.15 Å². The number of anilines is 1. The lowest BCUT2D eigenvalue weighted by Crippen LogP contribution is -2.25. The van der Waals surface area contributed by atoms with Crippen molar-refractivity contribution in [3.63, 3.8) is 0 Å². The second-order valence-electron chi connectivity index (χ2n) is 9.07. The van der Waals surface area contributed by atoms with Crippen molar-refractivity contribution in [1.29, 1.82) is 0 Å². The molecule has 7 nitrogen and oxygen atoms in total. The number of furan rings is 1. The zero-order valence-electron chi connectivity index (χ0n) is 21.2. The Labute approximate surface area is 226 Å². The van der Waals surface area contributed by atoms with Gasteiger partial charge in [-0.25, -0.2) is 0 Å². The van der Waals surface area contributed by atoms with Gasteiger partial charge < -0.3 is 24.9 Å². The third kappa shape index (κ3) is 6.64. The number of para-hydroxylation sites is 1. The quantitative estimate of drug-likeness (QED) is 0.210. The van der Waals surface area contributed by atoms with Crippen LogP contribution in [0.15, 0.2) is 108 Å².